The molecule has 0 radical (unpaired) electrons. The summed E-state index contributed by atoms with van der Waals surface area (Å²) in [5.74, 6) is 1.35. The summed E-state index contributed by atoms with van der Waals surface area (Å²) in [6.07, 6.45) is 9.26. The van der Waals surface area contributed by atoms with E-state index in [1.54, 1.807) is 0 Å². The van der Waals surface area contributed by atoms with E-state index in [4.69, 9.17) is 0 Å². The van der Waals surface area contributed by atoms with Crippen molar-refractivity contribution in [3.63, 3.8) is 0 Å². The molecule has 29 heavy (non-hydrogen) atoms. The number of hydrogen-bond donors (Lipinski definition) is 1. The van der Waals surface area contributed by atoms with Crippen LogP contribution in [0, 0.1) is 12.8 Å². The second kappa shape index (κ2) is 9.38. The largest absolute Gasteiger partial charge is 0.348 e. The third kappa shape index (κ3) is 5.34. The van der Waals surface area contributed by atoms with Crippen molar-refractivity contribution in [1.82, 2.24) is 15.3 Å². The van der Waals surface area contributed by atoms with Crippen LogP contribution >= 0.6 is 0 Å². The molecule has 5 nitrogen and oxygen atoms in total. The lowest BCUT2D eigenvalue weighted by molar-refractivity contribution is 0.0922. The Morgan fingerprint density at radius 3 is 2.48 bits per heavy atom. The Balaban J connectivity index is 1.37. The average molecular weight is 393 g/mol. The van der Waals surface area contributed by atoms with Crippen molar-refractivity contribution in [1.29, 1.82) is 0 Å². The number of aryl methyl sites for hydroxylation is 1. The van der Waals surface area contributed by atoms with Crippen LogP contribution in [0.4, 0.5) is 5.95 Å². The molecular formula is C24H32N4O. The van der Waals surface area contributed by atoms with Crippen molar-refractivity contribution in [2.75, 3.05) is 18.0 Å². The lowest BCUT2D eigenvalue weighted by Crippen LogP contribution is -2.38. The fraction of sp³-hybridized carbons (Fsp3) is 0.542. The van der Waals surface area contributed by atoms with Gasteiger partial charge in [-0.15, -0.1) is 0 Å². The maximum Gasteiger partial charge on any atom is 0.270 e. The van der Waals surface area contributed by atoms with E-state index in [1.807, 2.05) is 13.0 Å². The highest BCUT2D eigenvalue weighted by atomic mass is 16.1. The van der Waals surface area contributed by atoms with Crippen molar-refractivity contribution in [3.8, 4) is 0 Å². The molecule has 0 unspecified atom stereocenters. The van der Waals surface area contributed by atoms with Crippen LogP contribution in [0.15, 0.2) is 36.4 Å². The summed E-state index contributed by atoms with van der Waals surface area (Å²) in [6.45, 7) is 3.85. The fourth-order valence-corrected chi connectivity index (χ4v) is 4.60. The Kier molecular flexibility index (Phi) is 6.43. The van der Waals surface area contributed by atoms with Crippen LogP contribution < -0.4 is 10.2 Å². The summed E-state index contributed by atoms with van der Waals surface area (Å²) >= 11 is 0. The van der Waals surface area contributed by atoms with Gasteiger partial charge in [-0.3, -0.25) is 4.79 Å². The Morgan fingerprint density at radius 1 is 1.03 bits per heavy atom. The van der Waals surface area contributed by atoms with Crippen molar-refractivity contribution in [2.24, 2.45) is 5.92 Å². The van der Waals surface area contributed by atoms with Crippen LogP contribution in [0.5, 0.6) is 0 Å². The zero-order chi connectivity index (χ0) is 20.1. The normalized spacial score (nSPS) is 18.6. The highest BCUT2D eigenvalue weighted by molar-refractivity contribution is 5.92. The van der Waals surface area contributed by atoms with Gasteiger partial charge in [-0.2, -0.15) is 0 Å². The maximum absolute atomic E-state index is 12.7. The van der Waals surface area contributed by atoms with E-state index in [0.717, 1.165) is 50.9 Å². The number of carbonyl (C=O) groups is 1. The SMILES string of the molecule is Cc1cc(C(=O)NC2CCCCC2)nc(N2CCC(Cc3ccccc3)CC2)n1. The molecule has 2 fully saturated rings. The second-order valence-corrected chi connectivity index (χ2v) is 8.62. The first kappa shape index (κ1) is 19.9. The second-order valence-electron chi connectivity index (χ2n) is 8.62. The molecule has 1 aromatic heterocycles. The number of nitrogens with zero attached hydrogens (tertiary/aromatic N) is 3. The van der Waals surface area contributed by atoms with Gasteiger partial charge < -0.3 is 10.2 Å². The zero-order valence-corrected chi connectivity index (χ0v) is 17.4. The van der Waals surface area contributed by atoms with Gasteiger partial charge in [0.15, 0.2) is 0 Å². The quantitative estimate of drug-likeness (QED) is 0.824. The highest BCUT2D eigenvalue weighted by Crippen LogP contribution is 2.24. The molecule has 1 saturated heterocycles. The van der Waals surface area contributed by atoms with Crippen molar-refractivity contribution in [3.05, 3.63) is 53.3 Å². The molecule has 1 amide bonds. The molecule has 1 aromatic carbocycles. The Labute approximate surface area is 173 Å². The predicted molar refractivity (Wildman–Crippen MR) is 116 cm³/mol. The van der Waals surface area contributed by atoms with Crippen LogP contribution in [-0.2, 0) is 6.42 Å². The van der Waals surface area contributed by atoms with E-state index in [-0.39, 0.29) is 5.91 Å². The Bertz CT molecular complexity index is 809. The molecule has 1 saturated carbocycles. The van der Waals surface area contributed by atoms with Crippen molar-refractivity contribution in [2.45, 2.75) is 64.3 Å². The van der Waals surface area contributed by atoms with Crippen molar-refractivity contribution >= 4 is 11.9 Å². The third-order valence-electron chi connectivity index (χ3n) is 6.28. The molecule has 2 aromatic rings. The average Bonchev–Trinajstić information content (AvgIpc) is 2.75. The molecule has 1 N–H and O–H groups in total. The van der Waals surface area contributed by atoms with Crippen LogP contribution in [0.3, 0.4) is 0 Å². The number of amides is 1. The summed E-state index contributed by atoms with van der Waals surface area (Å²) in [6, 6.07) is 12.8. The number of carbonyl (C=O) groups excluding carboxylic acids is 1. The number of rotatable bonds is 5. The first-order valence-electron chi connectivity index (χ1n) is 11.1. The number of aromatic nitrogens is 2. The van der Waals surface area contributed by atoms with Crippen LogP contribution in [-0.4, -0.2) is 35.0 Å². The van der Waals surface area contributed by atoms with E-state index in [2.05, 4.69) is 50.5 Å². The van der Waals surface area contributed by atoms with Gasteiger partial charge >= 0.3 is 0 Å². The van der Waals surface area contributed by atoms with E-state index in [9.17, 15) is 4.79 Å². The topological polar surface area (TPSA) is 58.1 Å². The van der Waals surface area contributed by atoms with Gasteiger partial charge in [0.2, 0.25) is 5.95 Å². The highest BCUT2D eigenvalue weighted by Gasteiger charge is 2.23. The number of nitrogens with one attached hydrogen (secondary N) is 1. The van der Waals surface area contributed by atoms with Gasteiger partial charge in [0.05, 0.1) is 0 Å². The molecular weight excluding hydrogens is 360 g/mol. The summed E-state index contributed by atoms with van der Waals surface area (Å²) in [4.78, 5) is 24.2. The van der Waals surface area contributed by atoms with Gasteiger partial charge in [-0.1, -0.05) is 49.6 Å². The molecule has 154 valence electrons. The summed E-state index contributed by atoms with van der Waals surface area (Å²) < 4.78 is 0. The van der Waals surface area contributed by atoms with Gasteiger partial charge in [-0.25, -0.2) is 9.97 Å². The number of anilines is 1. The van der Waals surface area contributed by atoms with E-state index in [0.29, 0.717) is 23.6 Å². The van der Waals surface area contributed by atoms with Gasteiger partial charge in [0.25, 0.3) is 5.91 Å². The van der Waals surface area contributed by atoms with Gasteiger partial charge in [0, 0.05) is 24.8 Å². The van der Waals surface area contributed by atoms with Crippen molar-refractivity contribution < 1.29 is 4.79 Å². The molecule has 1 aliphatic carbocycles. The zero-order valence-electron chi connectivity index (χ0n) is 17.4. The summed E-state index contributed by atoms with van der Waals surface area (Å²) in [7, 11) is 0. The Hall–Kier alpha value is -2.43. The van der Waals surface area contributed by atoms with Crippen LogP contribution in [0.2, 0.25) is 0 Å². The molecule has 4 rings (SSSR count). The first-order valence-corrected chi connectivity index (χ1v) is 11.1. The summed E-state index contributed by atoms with van der Waals surface area (Å²) in [5.41, 5.74) is 2.78. The number of benzene rings is 1. The van der Waals surface area contributed by atoms with Gasteiger partial charge in [-0.05, 0) is 56.6 Å². The fourth-order valence-electron chi connectivity index (χ4n) is 4.60. The lowest BCUT2D eigenvalue weighted by Gasteiger charge is -2.32. The minimum absolute atomic E-state index is 0.0531. The monoisotopic (exact) mass is 392 g/mol. The molecule has 2 heterocycles. The van der Waals surface area contributed by atoms with E-state index < -0.39 is 0 Å². The predicted octanol–water partition coefficient (Wildman–Crippen LogP) is 4.31. The molecule has 2 aliphatic rings. The number of hydrogen-bond acceptors (Lipinski definition) is 4. The minimum Gasteiger partial charge on any atom is -0.348 e. The standard InChI is InChI=1S/C24H32N4O/c1-18-16-22(23(29)26-21-10-6-3-7-11-21)27-24(25-18)28-14-12-20(13-15-28)17-19-8-4-2-5-9-19/h2,4-5,8-9,16,20-21H,3,6-7,10-15,17H2,1H3,(H,26,29). The number of piperidine rings is 1. The van der Waals surface area contributed by atoms with E-state index >= 15 is 0 Å². The molecule has 5 heteroatoms. The van der Waals surface area contributed by atoms with Gasteiger partial charge in [0.1, 0.15) is 5.69 Å². The maximum atomic E-state index is 12.7. The minimum atomic E-state index is -0.0531. The van der Waals surface area contributed by atoms with E-state index in [1.165, 1.54) is 24.8 Å². The third-order valence-corrected chi connectivity index (χ3v) is 6.28. The summed E-state index contributed by atoms with van der Waals surface area (Å²) in [5, 5.41) is 3.18. The lowest BCUT2D eigenvalue weighted by atomic mass is 9.90. The first-order chi connectivity index (χ1) is 14.2. The molecule has 0 bridgehead atoms. The molecule has 1 aliphatic heterocycles. The van der Waals surface area contributed by atoms with Crippen LogP contribution in [0.1, 0.15) is 66.7 Å². The molecule has 0 atom stereocenters. The Morgan fingerprint density at radius 2 is 1.76 bits per heavy atom. The van der Waals surface area contributed by atoms with Crippen LogP contribution in [0.25, 0.3) is 0 Å². The smallest absolute Gasteiger partial charge is 0.270 e. The molecule has 0 spiro atoms.